The van der Waals surface area contributed by atoms with Crippen LogP contribution in [-0.4, -0.2) is 23.9 Å². The van der Waals surface area contributed by atoms with Gasteiger partial charge in [-0.2, -0.15) is 0 Å². The van der Waals surface area contributed by atoms with Crippen LogP contribution in [0.4, 0.5) is 0 Å². The van der Waals surface area contributed by atoms with Crippen molar-refractivity contribution in [2.75, 3.05) is 0 Å². The minimum absolute atomic E-state index is 0. The average Bonchev–Trinajstić information content (AvgIpc) is 2.73. The van der Waals surface area contributed by atoms with Crippen molar-refractivity contribution in [3.8, 4) is 11.3 Å². The molecule has 0 aliphatic carbocycles. The van der Waals surface area contributed by atoms with Crippen molar-refractivity contribution in [1.82, 2.24) is 4.98 Å². The van der Waals surface area contributed by atoms with Gasteiger partial charge in [0, 0.05) is 37.0 Å². The predicted molar refractivity (Wildman–Crippen MR) is 153 cm³/mol. The number of aliphatic hydroxyl groups excluding tert-OH is 1. The average molecular weight is 681 g/mol. The number of rotatable bonds is 3. The van der Waals surface area contributed by atoms with E-state index >= 15 is 0 Å². The summed E-state index contributed by atoms with van der Waals surface area (Å²) in [4.78, 5) is 16.3. The number of carbonyl (C=O) groups excluding carboxylic acids is 1. The molecular formula is C31H42IrNO2Si-. The van der Waals surface area contributed by atoms with Crippen LogP contribution in [0.15, 0.2) is 54.3 Å². The summed E-state index contributed by atoms with van der Waals surface area (Å²) in [6, 6.07) is 18.5. The first kappa shape index (κ1) is 32.0. The number of aromatic nitrogens is 1. The van der Waals surface area contributed by atoms with Crippen LogP contribution in [0.5, 0.6) is 0 Å². The maximum atomic E-state index is 11.5. The molecule has 2 aromatic carbocycles. The van der Waals surface area contributed by atoms with E-state index in [2.05, 4.69) is 76.0 Å². The summed E-state index contributed by atoms with van der Waals surface area (Å²) >= 11 is 0. The van der Waals surface area contributed by atoms with Gasteiger partial charge in [-0.05, 0) is 17.1 Å². The molecule has 3 rings (SSSR count). The molecular weight excluding hydrogens is 639 g/mol. The number of allylic oxidation sites excluding steroid dienone is 2. The van der Waals surface area contributed by atoms with Gasteiger partial charge in [0.15, 0.2) is 5.78 Å². The number of pyridine rings is 1. The quantitative estimate of drug-likeness (QED) is 0.132. The van der Waals surface area contributed by atoms with E-state index in [-0.39, 0.29) is 37.1 Å². The number of carbonyl (C=O) groups is 1. The molecule has 0 saturated carbocycles. The van der Waals surface area contributed by atoms with Gasteiger partial charge < -0.3 is 5.11 Å². The van der Waals surface area contributed by atoms with Crippen LogP contribution in [0.3, 0.4) is 0 Å². The fraction of sp³-hybridized carbons (Fsp3) is 0.419. The van der Waals surface area contributed by atoms with Gasteiger partial charge in [0.1, 0.15) is 5.76 Å². The second-order valence-electron chi connectivity index (χ2n) is 12.4. The molecule has 0 aliphatic heterocycles. The third kappa shape index (κ3) is 8.50. The van der Waals surface area contributed by atoms with E-state index < -0.39 is 13.5 Å². The molecule has 197 valence electrons. The van der Waals surface area contributed by atoms with Crippen LogP contribution in [0.2, 0.25) is 19.6 Å². The fourth-order valence-corrected chi connectivity index (χ4v) is 4.41. The second-order valence-corrected chi connectivity index (χ2v) is 17.5. The Balaban J connectivity index is 0.000000402. The predicted octanol–water partition coefficient (Wildman–Crippen LogP) is 7.95. The van der Waals surface area contributed by atoms with Gasteiger partial charge in [-0.1, -0.05) is 104 Å². The Morgan fingerprint density at radius 1 is 0.944 bits per heavy atom. The maximum absolute atomic E-state index is 11.5. The van der Waals surface area contributed by atoms with Crippen LogP contribution in [0.25, 0.3) is 22.2 Å². The third-order valence-corrected chi connectivity index (χ3v) is 8.16. The summed E-state index contributed by atoms with van der Waals surface area (Å²) in [6.07, 6.45) is 1.33. The zero-order valence-electron chi connectivity index (χ0n) is 23.8. The molecule has 5 heteroatoms. The summed E-state index contributed by atoms with van der Waals surface area (Å²) in [5.41, 5.74) is 4.96. The number of aryl methyl sites for hydroxylation is 1. The van der Waals surface area contributed by atoms with Crippen molar-refractivity contribution < 1.29 is 30.0 Å². The molecule has 0 spiro atoms. The summed E-state index contributed by atoms with van der Waals surface area (Å²) < 4.78 is 0. The Morgan fingerprint density at radius 3 is 2.08 bits per heavy atom. The van der Waals surface area contributed by atoms with Crippen molar-refractivity contribution in [1.29, 1.82) is 0 Å². The number of fused-ring (bicyclic) bond motifs is 1. The van der Waals surface area contributed by atoms with Gasteiger partial charge in [0.05, 0.1) is 13.6 Å². The minimum atomic E-state index is -1.28. The molecule has 0 fully saturated rings. The summed E-state index contributed by atoms with van der Waals surface area (Å²) in [5, 5.41) is 12.3. The van der Waals surface area contributed by atoms with Crippen molar-refractivity contribution in [2.45, 2.75) is 75.0 Å². The van der Waals surface area contributed by atoms with E-state index in [0.717, 1.165) is 16.8 Å². The van der Waals surface area contributed by atoms with Gasteiger partial charge in [0.25, 0.3) is 0 Å². The Labute approximate surface area is 232 Å². The number of nitrogens with zero attached hydrogens (tertiary/aromatic N) is 1. The Hall–Kier alpha value is -2.07. The SMILES string of the molecule is CC(C)(C)C(=O)/C=C(\O)C(C)(C)C.Cc1cc[c-]c(-c2ccc3cc([Si](C)(C)C)ccc3n2)c1C.[Ir]. The van der Waals surface area contributed by atoms with E-state index in [1.54, 1.807) is 0 Å². The molecule has 3 nitrogen and oxygen atoms in total. The largest absolute Gasteiger partial charge is 0.512 e. The van der Waals surface area contributed by atoms with E-state index in [1.807, 2.05) is 47.6 Å². The van der Waals surface area contributed by atoms with Gasteiger partial charge in [0.2, 0.25) is 0 Å². The number of benzene rings is 2. The van der Waals surface area contributed by atoms with Crippen molar-refractivity contribution in [2.24, 2.45) is 10.8 Å². The topological polar surface area (TPSA) is 50.2 Å². The fourth-order valence-electron chi connectivity index (χ4n) is 3.23. The number of hydrogen-bond acceptors (Lipinski definition) is 3. The molecule has 0 unspecified atom stereocenters. The first-order valence-electron chi connectivity index (χ1n) is 12.3. The molecule has 0 aliphatic rings. The minimum Gasteiger partial charge on any atom is -0.512 e. The molecule has 0 amide bonds. The molecule has 0 saturated heterocycles. The number of ketones is 1. The maximum Gasteiger partial charge on any atom is 0.164 e. The standard InChI is InChI=1S/C20H22NSi.C11H20O2.Ir/c1-14-7-6-8-18(15(14)2)20-11-9-16-13-17(22(3,4)5)10-12-19(16)21-20;1-10(2,3)8(12)7-9(13)11(4,5)6;/h6-7,9-13H,1-5H3;7,12H,1-6H3;/q-1;;/b;8-7-;. The number of hydrogen-bond donors (Lipinski definition) is 1. The van der Waals surface area contributed by atoms with Crippen LogP contribution in [0.1, 0.15) is 52.7 Å². The Kier molecular flexibility index (Phi) is 10.6. The normalized spacial score (nSPS) is 12.5. The third-order valence-electron chi connectivity index (χ3n) is 6.11. The van der Waals surface area contributed by atoms with Gasteiger partial charge >= 0.3 is 0 Å². The number of aliphatic hydroxyl groups is 1. The van der Waals surface area contributed by atoms with E-state index in [1.165, 1.54) is 27.8 Å². The summed E-state index contributed by atoms with van der Waals surface area (Å²) in [7, 11) is -1.28. The van der Waals surface area contributed by atoms with Gasteiger partial charge in [-0.3, -0.25) is 9.78 Å². The summed E-state index contributed by atoms with van der Waals surface area (Å²) in [5.74, 6) is 0.104. The zero-order chi connectivity index (χ0) is 26.8. The van der Waals surface area contributed by atoms with Crippen molar-refractivity contribution >= 4 is 29.9 Å². The molecule has 0 atom stereocenters. The smallest absolute Gasteiger partial charge is 0.164 e. The zero-order valence-corrected chi connectivity index (χ0v) is 27.1. The van der Waals surface area contributed by atoms with Gasteiger partial charge in [-0.25, -0.2) is 0 Å². The molecule has 0 bridgehead atoms. The van der Waals surface area contributed by atoms with Crippen LogP contribution in [-0.2, 0) is 24.9 Å². The first-order chi connectivity index (χ1) is 15.9. The van der Waals surface area contributed by atoms with Crippen LogP contribution < -0.4 is 5.19 Å². The Bertz CT molecular complexity index is 1240. The monoisotopic (exact) mass is 681 g/mol. The molecule has 1 radical (unpaired) electrons. The second kappa shape index (κ2) is 12.0. The molecule has 3 aromatic rings. The van der Waals surface area contributed by atoms with Crippen LogP contribution in [0, 0.1) is 30.7 Å². The Morgan fingerprint density at radius 2 is 1.56 bits per heavy atom. The van der Waals surface area contributed by atoms with E-state index in [0.29, 0.717) is 0 Å². The molecule has 1 heterocycles. The van der Waals surface area contributed by atoms with E-state index in [9.17, 15) is 9.90 Å². The van der Waals surface area contributed by atoms with Crippen LogP contribution >= 0.6 is 0 Å². The molecule has 1 N–H and O–H groups in total. The first-order valence-corrected chi connectivity index (χ1v) is 15.8. The van der Waals surface area contributed by atoms with Crippen molar-refractivity contribution in [3.63, 3.8) is 0 Å². The van der Waals surface area contributed by atoms with Crippen molar-refractivity contribution in [3.05, 3.63) is 71.5 Å². The molecule has 1 aromatic heterocycles. The van der Waals surface area contributed by atoms with Gasteiger partial charge in [-0.15, -0.1) is 34.9 Å². The molecule has 36 heavy (non-hydrogen) atoms. The summed E-state index contributed by atoms with van der Waals surface area (Å²) in [6.45, 7) is 22.5. The van der Waals surface area contributed by atoms with E-state index in [4.69, 9.17) is 4.98 Å².